The van der Waals surface area contributed by atoms with Gasteiger partial charge in [0.1, 0.15) is 5.82 Å². The Hall–Kier alpha value is -0.980. The van der Waals surface area contributed by atoms with Crippen LogP contribution in [0.3, 0.4) is 0 Å². The lowest BCUT2D eigenvalue weighted by Gasteiger charge is -2.13. The van der Waals surface area contributed by atoms with E-state index in [0.29, 0.717) is 13.0 Å². The molecule has 0 aliphatic rings. The Morgan fingerprint density at radius 1 is 1.39 bits per heavy atom. The van der Waals surface area contributed by atoms with Crippen LogP contribution in [0.15, 0.2) is 24.3 Å². The molecule has 1 unspecified atom stereocenters. The standard InChI is InChI=1S/C12H19FN2O2S/c1-10(15-6-7-18(16,17)14-2)8-11-4-3-5-12(13)9-11/h3-5,9-10,14-15H,6-8H2,1-2H3. The molecular formula is C12H19FN2O2S. The Bertz CT molecular complexity index is 477. The molecule has 0 saturated carbocycles. The zero-order valence-electron chi connectivity index (χ0n) is 10.6. The van der Waals surface area contributed by atoms with Crippen molar-refractivity contribution >= 4 is 10.0 Å². The fourth-order valence-corrected chi connectivity index (χ4v) is 2.22. The van der Waals surface area contributed by atoms with E-state index in [2.05, 4.69) is 10.0 Å². The van der Waals surface area contributed by atoms with Gasteiger partial charge in [0.05, 0.1) is 5.75 Å². The first kappa shape index (κ1) is 15.1. The van der Waals surface area contributed by atoms with Crippen LogP contribution in [0, 0.1) is 5.82 Å². The summed E-state index contributed by atoms with van der Waals surface area (Å²) in [7, 11) is -1.77. The van der Waals surface area contributed by atoms with Crippen LogP contribution in [0.25, 0.3) is 0 Å². The van der Waals surface area contributed by atoms with Crippen LogP contribution in [0.4, 0.5) is 4.39 Å². The first-order valence-electron chi connectivity index (χ1n) is 5.82. The second-order valence-corrected chi connectivity index (χ2v) is 6.26. The van der Waals surface area contributed by atoms with E-state index in [9.17, 15) is 12.8 Å². The third-order valence-electron chi connectivity index (χ3n) is 2.61. The molecule has 2 N–H and O–H groups in total. The van der Waals surface area contributed by atoms with Crippen LogP contribution in [0.1, 0.15) is 12.5 Å². The molecule has 102 valence electrons. The summed E-state index contributed by atoms with van der Waals surface area (Å²) < 4.78 is 37.6. The summed E-state index contributed by atoms with van der Waals surface area (Å²) in [5, 5.41) is 3.10. The molecule has 0 saturated heterocycles. The van der Waals surface area contributed by atoms with Crippen molar-refractivity contribution in [1.29, 1.82) is 0 Å². The summed E-state index contributed by atoms with van der Waals surface area (Å²) in [6.07, 6.45) is 0.664. The summed E-state index contributed by atoms with van der Waals surface area (Å²) in [5.74, 6) is -0.214. The number of hydrogen-bond donors (Lipinski definition) is 2. The van der Waals surface area contributed by atoms with Crippen molar-refractivity contribution in [3.63, 3.8) is 0 Å². The van der Waals surface area contributed by atoms with E-state index in [1.54, 1.807) is 6.07 Å². The smallest absolute Gasteiger partial charge is 0.212 e. The zero-order valence-corrected chi connectivity index (χ0v) is 11.4. The molecule has 1 rings (SSSR count). The van der Waals surface area contributed by atoms with Gasteiger partial charge in [-0.25, -0.2) is 17.5 Å². The minimum Gasteiger partial charge on any atom is -0.313 e. The van der Waals surface area contributed by atoms with E-state index in [1.807, 2.05) is 13.0 Å². The SMILES string of the molecule is CNS(=O)(=O)CCNC(C)Cc1cccc(F)c1. The van der Waals surface area contributed by atoms with Gasteiger partial charge in [-0.1, -0.05) is 12.1 Å². The van der Waals surface area contributed by atoms with Gasteiger partial charge in [0.2, 0.25) is 10.0 Å². The van der Waals surface area contributed by atoms with Crippen molar-refractivity contribution in [3.05, 3.63) is 35.6 Å². The number of sulfonamides is 1. The average Bonchev–Trinajstić information content (AvgIpc) is 2.28. The molecule has 0 fully saturated rings. The predicted molar refractivity (Wildman–Crippen MR) is 70.4 cm³/mol. The third-order valence-corrected chi connectivity index (χ3v) is 3.97. The summed E-state index contributed by atoms with van der Waals surface area (Å²) >= 11 is 0. The van der Waals surface area contributed by atoms with E-state index in [0.717, 1.165) is 5.56 Å². The predicted octanol–water partition coefficient (Wildman–Crippen LogP) is 0.896. The molecule has 0 aromatic heterocycles. The molecule has 0 aliphatic heterocycles. The minimum atomic E-state index is -3.17. The van der Waals surface area contributed by atoms with Crippen LogP contribution in [-0.2, 0) is 16.4 Å². The minimum absolute atomic E-state index is 0.0387. The lowest BCUT2D eigenvalue weighted by molar-refractivity contribution is 0.549. The molecule has 4 nitrogen and oxygen atoms in total. The molecule has 18 heavy (non-hydrogen) atoms. The molecule has 0 bridgehead atoms. The van der Waals surface area contributed by atoms with Crippen LogP contribution in [0.2, 0.25) is 0 Å². The van der Waals surface area contributed by atoms with E-state index >= 15 is 0 Å². The molecule has 1 atom stereocenters. The highest BCUT2D eigenvalue weighted by molar-refractivity contribution is 7.89. The molecular weight excluding hydrogens is 255 g/mol. The highest BCUT2D eigenvalue weighted by atomic mass is 32.2. The van der Waals surface area contributed by atoms with Gasteiger partial charge < -0.3 is 5.32 Å². The summed E-state index contributed by atoms with van der Waals surface area (Å²) in [4.78, 5) is 0. The topological polar surface area (TPSA) is 58.2 Å². The van der Waals surface area contributed by atoms with Crippen LogP contribution in [0.5, 0.6) is 0 Å². The third kappa shape index (κ3) is 5.57. The van der Waals surface area contributed by atoms with Crippen molar-refractivity contribution in [3.8, 4) is 0 Å². The van der Waals surface area contributed by atoms with Gasteiger partial charge in [-0.05, 0) is 38.1 Å². The van der Waals surface area contributed by atoms with E-state index < -0.39 is 10.0 Å². The zero-order chi connectivity index (χ0) is 13.6. The lowest BCUT2D eigenvalue weighted by atomic mass is 10.1. The summed E-state index contributed by atoms with van der Waals surface area (Å²) in [6, 6.07) is 6.51. The van der Waals surface area contributed by atoms with Gasteiger partial charge in [0, 0.05) is 12.6 Å². The van der Waals surface area contributed by atoms with Gasteiger partial charge in [0.15, 0.2) is 0 Å². The fraction of sp³-hybridized carbons (Fsp3) is 0.500. The fourth-order valence-electron chi connectivity index (χ4n) is 1.63. The van der Waals surface area contributed by atoms with E-state index in [1.165, 1.54) is 19.2 Å². The molecule has 1 aromatic carbocycles. The maximum atomic E-state index is 13.0. The second-order valence-electron chi connectivity index (χ2n) is 4.21. The number of benzene rings is 1. The van der Waals surface area contributed by atoms with Crippen molar-refractivity contribution in [2.75, 3.05) is 19.3 Å². The Labute approximate surface area is 108 Å². The maximum absolute atomic E-state index is 13.0. The molecule has 0 radical (unpaired) electrons. The van der Waals surface area contributed by atoms with Crippen molar-refractivity contribution in [1.82, 2.24) is 10.0 Å². The largest absolute Gasteiger partial charge is 0.313 e. The highest BCUT2D eigenvalue weighted by Crippen LogP contribution is 2.06. The van der Waals surface area contributed by atoms with Crippen LogP contribution in [-0.4, -0.2) is 33.8 Å². The number of halogens is 1. The highest BCUT2D eigenvalue weighted by Gasteiger charge is 2.08. The number of rotatable bonds is 7. The van der Waals surface area contributed by atoms with Gasteiger partial charge in [-0.3, -0.25) is 0 Å². The Morgan fingerprint density at radius 3 is 2.72 bits per heavy atom. The van der Waals surface area contributed by atoms with Crippen LogP contribution < -0.4 is 10.0 Å². The van der Waals surface area contributed by atoms with Gasteiger partial charge >= 0.3 is 0 Å². The van der Waals surface area contributed by atoms with E-state index in [4.69, 9.17) is 0 Å². The van der Waals surface area contributed by atoms with Crippen molar-refractivity contribution in [2.45, 2.75) is 19.4 Å². The normalized spacial score (nSPS) is 13.5. The maximum Gasteiger partial charge on any atom is 0.212 e. The monoisotopic (exact) mass is 274 g/mol. The number of nitrogens with one attached hydrogen (secondary N) is 2. The molecule has 0 aliphatic carbocycles. The summed E-state index contributed by atoms with van der Waals surface area (Å²) in [5.41, 5.74) is 0.895. The first-order valence-corrected chi connectivity index (χ1v) is 7.47. The molecule has 0 amide bonds. The van der Waals surface area contributed by atoms with Crippen molar-refractivity contribution in [2.24, 2.45) is 0 Å². The average molecular weight is 274 g/mol. The molecule has 0 heterocycles. The summed E-state index contributed by atoms with van der Waals surface area (Å²) in [6.45, 7) is 2.32. The van der Waals surface area contributed by atoms with Gasteiger partial charge in [0.25, 0.3) is 0 Å². The number of hydrogen-bond acceptors (Lipinski definition) is 3. The first-order chi connectivity index (χ1) is 8.43. The quantitative estimate of drug-likeness (QED) is 0.776. The molecule has 1 aromatic rings. The lowest BCUT2D eigenvalue weighted by Crippen LogP contribution is -2.35. The Morgan fingerprint density at radius 2 is 2.11 bits per heavy atom. The van der Waals surface area contributed by atoms with Crippen LogP contribution >= 0.6 is 0 Å². The molecule has 6 heteroatoms. The molecule has 0 spiro atoms. The second kappa shape index (κ2) is 6.82. The van der Waals surface area contributed by atoms with E-state index in [-0.39, 0.29) is 17.6 Å². The van der Waals surface area contributed by atoms with Gasteiger partial charge in [-0.15, -0.1) is 0 Å². The Kier molecular flexibility index (Phi) is 5.71. The van der Waals surface area contributed by atoms with Gasteiger partial charge in [-0.2, -0.15) is 0 Å². The Balaban J connectivity index is 2.36. The van der Waals surface area contributed by atoms with Crippen molar-refractivity contribution < 1.29 is 12.8 Å².